The van der Waals surface area contributed by atoms with E-state index in [1.807, 2.05) is 24.7 Å². The highest BCUT2D eigenvalue weighted by molar-refractivity contribution is 5.66. The Morgan fingerprint density at radius 3 is 2.89 bits per heavy atom. The molecule has 0 bridgehead atoms. The molecule has 0 unspecified atom stereocenters. The molecule has 2 heterocycles. The average Bonchev–Trinajstić information content (AvgIpc) is 2.82. The molecule has 0 fully saturated rings. The molecule has 0 aliphatic rings. The first-order chi connectivity index (χ1) is 9.22. The summed E-state index contributed by atoms with van der Waals surface area (Å²) in [7, 11) is 1.93. The van der Waals surface area contributed by atoms with Crippen LogP contribution in [0.1, 0.15) is 19.2 Å². The number of rotatable bonds is 6. The molecular weight excluding hydrogens is 244 g/mol. The van der Waals surface area contributed by atoms with Crippen LogP contribution in [0.4, 0.5) is 11.5 Å². The quantitative estimate of drug-likeness (QED) is 0.812. The second-order valence-electron chi connectivity index (χ2n) is 4.10. The molecule has 3 N–H and O–H groups in total. The van der Waals surface area contributed by atoms with Crippen LogP contribution in [0.5, 0.6) is 5.88 Å². The van der Waals surface area contributed by atoms with Gasteiger partial charge in [-0.25, -0.2) is 9.97 Å². The SMILES string of the molecule is CCCOc1ncnc(NCc2nccn2C)c1N. The maximum Gasteiger partial charge on any atom is 0.242 e. The Morgan fingerprint density at radius 1 is 1.37 bits per heavy atom. The lowest BCUT2D eigenvalue weighted by Crippen LogP contribution is -2.10. The molecule has 0 saturated heterocycles. The zero-order valence-electron chi connectivity index (χ0n) is 11.1. The molecule has 0 radical (unpaired) electrons. The molecule has 19 heavy (non-hydrogen) atoms. The predicted molar refractivity (Wildman–Crippen MR) is 72.8 cm³/mol. The molecule has 0 aromatic carbocycles. The minimum absolute atomic E-state index is 0.416. The third-order valence-corrected chi connectivity index (χ3v) is 2.63. The molecule has 2 aromatic heterocycles. The second kappa shape index (κ2) is 6.03. The molecule has 0 spiro atoms. The molecule has 2 aromatic rings. The van der Waals surface area contributed by atoms with Crippen LogP contribution in [0.2, 0.25) is 0 Å². The van der Waals surface area contributed by atoms with Gasteiger partial charge in [-0.2, -0.15) is 4.98 Å². The van der Waals surface area contributed by atoms with Crippen molar-refractivity contribution in [3.05, 3.63) is 24.5 Å². The molecule has 7 heteroatoms. The van der Waals surface area contributed by atoms with Crippen molar-refractivity contribution < 1.29 is 4.74 Å². The van der Waals surface area contributed by atoms with E-state index in [1.54, 1.807) is 6.20 Å². The van der Waals surface area contributed by atoms with E-state index in [2.05, 4.69) is 20.3 Å². The lowest BCUT2D eigenvalue weighted by molar-refractivity contribution is 0.306. The van der Waals surface area contributed by atoms with Gasteiger partial charge in [0.25, 0.3) is 0 Å². The Bertz CT molecular complexity index is 539. The smallest absolute Gasteiger partial charge is 0.242 e. The van der Waals surface area contributed by atoms with Crippen LogP contribution in [0.15, 0.2) is 18.7 Å². The van der Waals surface area contributed by atoms with Crippen molar-refractivity contribution in [2.75, 3.05) is 17.7 Å². The van der Waals surface area contributed by atoms with Crippen molar-refractivity contribution in [2.45, 2.75) is 19.9 Å². The predicted octanol–water partition coefficient (Wildman–Crippen LogP) is 1.19. The summed E-state index contributed by atoms with van der Waals surface area (Å²) >= 11 is 0. The molecule has 102 valence electrons. The van der Waals surface area contributed by atoms with E-state index in [4.69, 9.17) is 10.5 Å². The molecule has 7 nitrogen and oxygen atoms in total. The standard InChI is InChI=1S/C12H18N6O/c1-3-6-19-12-10(13)11(16-8-17-12)15-7-9-14-4-5-18(9)2/h4-5,8H,3,6-7,13H2,1-2H3,(H,15,16,17). The summed E-state index contributed by atoms with van der Waals surface area (Å²) in [6.45, 7) is 3.15. The summed E-state index contributed by atoms with van der Waals surface area (Å²) in [6, 6.07) is 0. The van der Waals surface area contributed by atoms with Crippen molar-refractivity contribution >= 4 is 11.5 Å². The van der Waals surface area contributed by atoms with Crippen molar-refractivity contribution in [3.63, 3.8) is 0 Å². The maximum atomic E-state index is 5.96. The van der Waals surface area contributed by atoms with Gasteiger partial charge in [0.2, 0.25) is 5.88 Å². The lowest BCUT2D eigenvalue weighted by atomic mass is 10.4. The largest absolute Gasteiger partial charge is 0.476 e. The fourth-order valence-electron chi connectivity index (χ4n) is 1.56. The first kappa shape index (κ1) is 13.1. The van der Waals surface area contributed by atoms with Crippen molar-refractivity contribution in [1.82, 2.24) is 19.5 Å². The number of nitrogens with zero attached hydrogens (tertiary/aromatic N) is 4. The fourth-order valence-corrected chi connectivity index (χ4v) is 1.56. The van der Waals surface area contributed by atoms with Crippen LogP contribution in [-0.2, 0) is 13.6 Å². The van der Waals surface area contributed by atoms with Gasteiger partial charge in [0, 0.05) is 19.4 Å². The third kappa shape index (κ3) is 3.12. The maximum absolute atomic E-state index is 5.96. The van der Waals surface area contributed by atoms with Gasteiger partial charge in [0.15, 0.2) is 5.82 Å². The van der Waals surface area contributed by atoms with E-state index < -0.39 is 0 Å². The minimum Gasteiger partial charge on any atom is -0.476 e. The second-order valence-corrected chi connectivity index (χ2v) is 4.10. The van der Waals surface area contributed by atoms with Crippen LogP contribution < -0.4 is 15.8 Å². The summed E-state index contributed by atoms with van der Waals surface area (Å²) in [5.41, 5.74) is 6.38. The summed E-state index contributed by atoms with van der Waals surface area (Å²) in [4.78, 5) is 12.3. The van der Waals surface area contributed by atoms with Crippen LogP contribution in [-0.4, -0.2) is 26.1 Å². The van der Waals surface area contributed by atoms with E-state index in [1.165, 1.54) is 6.33 Å². The molecule has 0 aliphatic heterocycles. The number of anilines is 2. The summed E-state index contributed by atoms with van der Waals surface area (Å²) < 4.78 is 7.38. The van der Waals surface area contributed by atoms with Crippen LogP contribution in [0.25, 0.3) is 0 Å². The van der Waals surface area contributed by atoms with Crippen molar-refractivity contribution in [3.8, 4) is 5.88 Å². The first-order valence-corrected chi connectivity index (χ1v) is 6.15. The van der Waals surface area contributed by atoms with Crippen molar-refractivity contribution in [1.29, 1.82) is 0 Å². The summed E-state index contributed by atoms with van der Waals surface area (Å²) in [5.74, 6) is 1.87. The van der Waals surface area contributed by atoms with Crippen LogP contribution in [0, 0.1) is 0 Å². The number of aromatic nitrogens is 4. The highest BCUT2D eigenvalue weighted by Crippen LogP contribution is 2.24. The van der Waals surface area contributed by atoms with Gasteiger partial charge in [-0.05, 0) is 6.42 Å². The van der Waals surface area contributed by atoms with Gasteiger partial charge in [-0.15, -0.1) is 0 Å². The third-order valence-electron chi connectivity index (χ3n) is 2.63. The highest BCUT2D eigenvalue weighted by atomic mass is 16.5. The Hall–Kier alpha value is -2.31. The van der Waals surface area contributed by atoms with Crippen LogP contribution in [0.3, 0.4) is 0 Å². The van der Waals surface area contributed by atoms with Gasteiger partial charge in [-0.1, -0.05) is 6.92 Å². The van der Waals surface area contributed by atoms with Crippen LogP contribution >= 0.6 is 0 Å². The first-order valence-electron chi connectivity index (χ1n) is 6.15. The van der Waals surface area contributed by atoms with Gasteiger partial charge in [0.1, 0.15) is 17.8 Å². The Labute approximate surface area is 111 Å². The van der Waals surface area contributed by atoms with Gasteiger partial charge < -0.3 is 20.4 Å². The van der Waals surface area contributed by atoms with E-state index in [0.29, 0.717) is 30.5 Å². The number of nitrogens with two attached hydrogens (primary N) is 1. The molecule has 0 atom stereocenters. The Kier molecular flexibility index (Phi) is 4.17. The van der Waals surface area contributed by atoms with E-state index in [-0.39, 0.29) is 0 Å². The zero-order chi connectivity index (χ0) is 13.7. The Morgan fingerprint density at radius 2 is 2.21 bits per heavy atom. The molecular formula is C12H18N6O. The molecule has 0 amide bonds. The molecule has 0 saturated carbocycles. The number of nitrogens with one attached hydrogen (secondary N) is 1. The normalized spacial score (nSPS) is 10.4. The van der Waals surface area contributed by atoms with E-state index >= 15 is 0 Å². The fraction of sp³-hybridized carbons (Fsp3) is 0.417. The zero-order valence-corrected chi connectivity index (χ0v) is 11.1. The minimum atomic E-state index is 0.416. The van der Waals surface area contributed by atoms with Gasteiger partial charge in [0.05, 0.1) is 13.2 Å². The molecule has 2 rings (SSSR count). The average molecular weight is 262 g/mol. The number of hydrogen-bond acceptors (Lipinski definition) is 6. The van der Waals surface area contributed by atoms with Gasteiger partial charge in [-0.3, -0.25) is 0 Å². The van der Waals surface area contributed by atoms with E-state index in [0.717, 1.165) is 12.2 Å². The molecule has 0 aliphatic carbocycles. The number of imidazole rings is 1. The van der Waals surface area contributed by atoms with Gasteiger partial charge >= 0.3 is 0 Å². The number of ether oxygens (including phenoxy) is 1. The highest BCUT2D eigenvalue weighted by Gasteiger charge is 2.09. The number of hydrogen-bond donors (Lipinski definition) is 2. The summed E-state index contributed by atoms with van der Waals surface area (Å²) in [6.07, 6.45) is 5.97. The Balaban J connectivity index is 2.06. The topological polar surface area (TPSA) is 90.9 Å². The number of aryl methyl sites for hydroxylation is 1. The van der Waals surface area contributed by atoms with E-state index in [9.17, 15) is 0 Å². The lowest BCUT2D eigenvalue weighted by Gasteiger charge is -2.11. The number of nitrogen functional groups attached to an aromatic ring is 1. The summed E-state index contributed by atoms with van der Waals surface area (Å²) in [5, 5.41) is 3.13. The monoisotopic (exact) mass is 262 g/mol. The van der Waals surface area contributed by atoms with Crippen molar-refractivity contribution in [2.24, 2.45) is 7.05 Å².